The van der Waals surface area contributed by atoms with Crippen molar-refractivity contribution in [2.75, 3.05) is 20.2 Å². The van der Waals surface area contributed by atoms with Crippen LogP contribution in [0.1, 0.15) is 0 Å². The summed E-state index contributed by atoms with van der Waals surface area (Å²) in [5, 5.41) is 2.24. The summed E-state index contributed by atoms with van der Waals surface area (Å²) in [6.07, 6.45) is 0. The number of carbonyl (C=O) groups excluding carboxylic acids is 2. The zero-order valence-corrected chi connectivity index (χ0v) is 5.72. The molecule has 0 fully saturated rings. The normalized spacial score (nSPS) is 8.60. The van der Waals surface area contributed by atoms with Crippen molar-refractivity contribution in [3.8, 4) is 0 Å². The molecule has 0 aliphatic heterocycles. The molecule has 0 aliphatic rings. The first kappa shape index (κ1) is 8.90. The lowest BCUT2D eigenvalue weighted by Gasteiger charge is -1.99. The zero-order valence-electron chi connectivity index (χ0n) is 5.72. The number of nitrogens with one attached hydrogen (secondary N) is 1. The van der Waals surface area contributed by atoms with Gasteiger partial charge in [0.15, 0.2) is 0 Å². The Kier molecular flexibility index (Phi) is 4.23. The molecule has 58 valence electrons. The van der Waals surface area contributed by atoms with Crippen molar-refractivity contribution >= 4 is 11.9 Å². The van der Waals surface area contributed by atoms with Crippen LogP contribution in [0, 0.1) is 0 Å². The topological polar surface area (TPSA) is 81.4 Å². The minimum Gasteiger partial charge on any atom is -0.468 e. The molecule has 0 saturated carbocycles. The number of ether oxygens (including phenoxy) is 1. The van der Waals surface area contributed by atoms with Gasteiger partial charge in [-0.1, -0.05) is 0 Å². The molecule has 0 rings (SSSR count). The zero-order chi connectivity index (χ0) is 7.98. The van der Waals surface area contributed by atoms with Crippen molar-refractivity contribution in [1.29, 1.82) is 0 Å². The van der Waals surface area contributed by atoms with E-state index in [1.807, 2.05) is 0 Å². The van der Waals surface area contributed by atoms with Gasteiger partial charge in [0.25, 0.3) is 0 Å². The summed E-state index contributed by atoms with van der Waals surface area (Å²) in [6.45, 7) is -0.233. The highest BCUT2D eigenvalue weighted by Gasteiger charge is 2.01. The Morgan fingerprint density at radius 2 is 2.20 bits per heavy atom. The van der Waals surface area contributed by atoms with Crippen LogP contribution in [0.15, 0.2) is 0 Å². The molecule has 10 heavy (non-hydrogen) atoms. The number of hydrogen-bond acceptors (Lipinski definition) is 4. The molecule has 1 amide bonds. The van der Waals surface area contributed by atoms with E-state index in [1.54, 1.807) is 0 Å². The van der Waals surface area contributed by atoms with E-state index in [0.717, 1.165) is 0 Å². The Morgan fingerprint density at radius 1 is 1.60 bits per heavy atom. The number of rotatable bonds is 3. The molecule has 0 unspecified atom stereocenters. The summed E-state index contributed by atoms with van der Waals surface area (Å²) >= 11 is 0. The average Bonchev–Trinajstić information content (AvgIpc) is 1.99. The molecule has 0 atom stereocenters. The fraction of sp³-hybridized carbons (Fsp3) is 0.600. The van der Waals surface area contributed by atoms with Crippen LogP contribution in [-0.2, 0) is 14.3 Å². The monoisotopic (exact) mass is 145 g/mol. The Balaban J connectivity index is 3.35. The van der Waals surface area contributed by atoms with E-state index in [1.165, 1.54) is 7.11 Å². The van der Waals surface area contributed by atoms with E-state index in [0.29, 0.717) is 0 Å². The SMILES string of the molecule is [11CH3]OC(=O)CNC(=O)CN. The fourth-order valence-electron chi connectivity index (χ4n) is 0.315. The van der Waals surface area contributed by atoms with Gasteiger partial charge in [-0.2, -0.15) is 0 Å². The van der Waals surface area contributed by atoms with Gasteiger partial charge < -0.3 is 15.8 Å². The molecule has 0 radical (unpaired) electrons. The van der Waals surface area contributed by atoms with Gasteiger partial charge in [-0.05, 0) is 0 Å². The molecule has 0 aromatic carbocycles. The first-order valence-electron chi connectivity index (χ1n) is 2.74. The largest absolute Gasteiger partial charge is 0.468 e. The minimum atomic E-state index is -0.484. The van der Waals surface area contributed by atoms with Crippen LogP contribution >= 0.6 is 0 Å². The van der Waals surface area contributed by atoms with Gasteiger partial charge in [-0.25, -0.2) is 0 Å². The van der Waals surface area contributed by atoms with Crippen LogP contribution < -0.4 is 11.1 Å². The smallest absolute Gasteiger partial charge is 0.325 e. The molecule has 0 aliphatic carbocycles. The Labute approximate surface area is 58.5 Å². The highest BCUT2D eigenvalue weighted by molar-refractivity contribution is 5.82. The molecular weight excluding hydrogens is 135 g/mol. The molecule has 5 nitrogen and oxygen atoms in total. The molecule has 5 heteroatoms. The summed E-state index contributed by atoms with van der Waals surface area (Å²) < 4.78 is 4.25. The van der Waals surface area contributed by atoms with Crippen molar-refractivity contribution < 1.29 is 14.3 Å². The summed E-state index contributed by atoms with van der Waals surface area (Å²) in [5.74, 6) is -0.854. The van der Waals surface area contributed by atoms with E-state index >= 15 is 0 Å². The molecule has 0 aromatic heterocycles. The van der Waals surface area contributed by atoms with Gasteiger partial charge in [0.1, 0.15) is 6.54 Å². The number of nitrogens with two attached hydrogens (primary N) is 1. The van der Waals surface area contributed by atoms with Crippen LogP contribution in [-0.4, -0.2) is 32.1 Å². The molecule has 3 N–H and O–H groups in total. The number of carbonyl (C=O) groups is 2. The first-order chi connectivity index (χ1) is 4.70. The first-order valence-corrected chi connectivity index (χ1v) is 2.74. The van der Waals surface area contributed by atoms with Gasteiger partial charge in [0.05, 0.1) is 13.7 Å². The summed E-state index contributed by atoms with van der Waals surface area (Å²) in [4.78, 5) is 20.7. The van der Waals surface area contributed by atoms with Gasteiger partial charge in [-0.3, -0.25) is 9.59 Å². The molecular formula is C5H10N2O3. The fourth-order valence-corrected chi connectivity index (χ4v) is 0.315. The predicted molar refractivity (Wildman–Crippen MR) is 34.1 cm³/mol. The minimum absolute atomic E-state index is 0.114. The standard InChI is InChI=1S/C5H10N2O3/c1-10-5(9)3-7-4(8)2-6/h2-3,6H2,1H3,(H,7,8)/i1-1. The van der Waals surface area contributed by atoms with Gasteiger partial charge in [0, 0.05) is 0 Å². The van der Waals surface area contributed by atoms with Crippen LogP contribution in [0.3, 0.4) is 0 Å². The summed E-state index contributed by atoms with van der Waals surface area (Å²) in [6, 6.07) is 0. The maximum Gasteiger partial charge on any atom is 0.325 e. The lowest BCUT2D eigenvalue weighted by atomic mass is 10.5. The van der Waals surface area contributed by atoms with E-state index < -0.39 is 5.97 Å². The van der Waals surface area contributed by atoms with E-state index in [4.69, 9.17) is 5.73 Å². The Hall–Kier alpha value is -1.10. The maximum atomic E-state index is 10.4. The molecule has 0 saturated heterocycles. The van der Waals surface area contributed by atoms with Crippen molar-refractivity contribution in [3.63, 3.8) is 0 Å². The average molecular weight is 145 g/mol. The van der Waals surface area contributed by atoms with Crippen molar-refractivity contribution in [1.82, 2.24) is 5.32 Å². The Morgan fingerprint density at radius 3 is 2.60 bits per heavy atom. The van der Waals surface area contributed by atoms with E-state index in [9.17, 15) is 9.59 Å². The Bertz CT molecular complexity index is 119. The molecule has 0 heterocycles. The highest BCUT2D eigenvalue weighted by atomic mass is 16.5. The number of esters is 1. The number of hydrogen-bond donors (Lipinski definition) is 2. The van der Waals surface area contributed by atoms with Gasteiger partial charge >= 0.3 is 5.97 Å². The van der Waals surface area contributed by atoms with E-state index in [-0.39, 0.29) is 19.0 Å². The molecule has 0 bridgehead atoms. The van der Waals surface area contributed by atoms with Gasteiger partial charge in [0.2, 0.25) is 5.91 Å². The number of methoxy groups -OCH3 is 1. The molecule has 0 aromatic rings. The third-order valence-electron chi connectivity index (χ3n) is 0.843. The van der Waals surface area contributed by atoms with Crippen molar-refractivity contribution in [2.24, 2.45) is 5.73 Å². The lowest BCUT2D eigenvalue weighted by molar-refractivity contribution is -0.141. The van der Waals surface area contributed by atoms with Crippen LogP contribution in [0.5, 0.6) is 0 Å². The highest BCUT2D eigenvalue weighted by Crippen LogP contribution is 1.68. The van der Waals surface area contributed by atoms with Crippen LogP contribution in [0.4, 0.5) is 0 Å². The second kappa shape index (κ2) is 4.75. The summed E-state index contributed by atoms with van der Waals surface area (Å²) in [7, 11) is 1.25. The van der Waals surface area contributed by atoms with Crippen LogP contribution in [0.2, 0.25) is 0 Å². The maximum absolute atomic E-state index is 10.4. The number of amides is 1. The van der Waals surface area contributed by atoms with Crippen LogP contribution in [0.25, 0.3) is 0 Å². The lowest BCUT2D eigenvalue weighted by Crippen LogP contribution is -2.34. The van der Waals surface area contributed by atoms with Gasteiger partial charge in [-0.15, -0.1) is 0 Å². The second-order valence-electron chi connectivity index (χ2n) is 1.56. The third-order valence-corrected chi connectivity index (χ3v) is 0.843. The third kappa shape index (κ3) is 3.85. The predicted octanol–water partition coefficient (Wildman–Crippen LogP) is -1.77. The molecule has 0 spiro atoms. The van der Waals surface area contributed by atoms with Crippen molar-refractivity contribution in [3.05, 3.63) is 0 Å². The quantitative estimate of drug-likeness (QED) is 0.461. The summed E-state index contributed by atoms with van der Waals surface area (Å²) in [5.41, 5.74) is 4.94. The van der Waals surface area contributed by atoms with E-state index in [2.05, 4.69) is 10.1 Å². The van der Waals surface area contributed by atoms with Crippen molar-refractivity contribution in [2.45, 2.75) is 0 Å². The second-order valence-corrected chi connectivity index (χ2v) is 1.56.